The van der Waals surface area contributed by atoms with Crippen molar-refractivity contribution in [3.8, 4) is 5.75 Å². The number of allylic oxidation sites excluding steroid dienone is 8. The topological polar surface area (TPSA) is 49.8 Å². The second kappa shape index (κ2) is 15.3. The van der Waals surface area contributed by atoms with Crippen LogP contribution in [-0.2, 0) is 22.0 Å². The summed E-state index contributed by atoms with van der Waals surface area (Å²) in [6.45, 7) is 19.1. The van der Waals surface area contributed by atoms with Crippen LogP contribution in [0.25, 0.3) is 0 Å². The zero-order chi connectivity index (χ0) is 35.2. The molecule has 1 aliphatic heterocycles. The summed E-state index contributed by atoms with van der Waals surface area (Å²) in [5.74, 6) is 0.854. The highest BCUT2D eigenvalue weighted by molar-refractivity contribution is 5.71. The number of carbonyl (C=O) groups is 1. The van der Waals surface area contributed by atoms with Crippen LogP contribution in [0.1, 0.15) is 95.4 Å². The molecule has 0 saturated heterocycles. The van der Waals surface area contributed by atoms with E-state index in [0.29, 0.717) is 6.42 Å². The van der Waals surface area contributed by atoms with E-state index in [1.165, 1.54) is 33.6 Å². The Hall–Kier alpha value is -4.57. The summed E-state index contributed by atoms with van der Waals surface area (Å²) < 4.78 is 6.77. The van der Waals surface area contributed by atoms with Crippen LogP contribution in [0.3, 0.4) is 0 Å². The van der Waals surface area contributed by atoms with Crippen LogP contribution >= 0.6 is 0 Å². The fraction of sp³-hybridized carbons (Fsp3) is 0.356. The number of nitrogens with zero attached hydrogens (tertiary/aromatic N) is 1. The first-order valence-corrected chi connectivity index (χ1v) is 17.9. The number of para-hydroxylation sites is 1. The largest absolute Gasteiger partial charge is 0.481 e. The molecular weight excluding hydrogens is 602 g/mol. The van der Waals surface area contributed by atoms with Crippen molar-refractivity contribution in [2.75, 3.05) is 11.4 Å². The van der Waals surface area contributed by atoms with Gasteiger partial charge in [0.2, 0.25) is 0 Å². The van der Waals surface area contributed by atoms with Crippen molar-refractivity contribution in [2.45, 2.75) is 97.3 Å². The zero-order valence-electron chi connectivity index (χ0n) is 30.3. The third kappa shape index (κ3) is 8.02. The smallest absolute Gasteiger partial charge is 0.303 e. The number of hydrogen-bond acceptors (Lipinski definition) is 3. The number of fused-ring (bicyclic) bond motifs is 1. The quantitative estimate of drug-likeness (QED) is 0.186. The Kier molecular flexibility index (Phi) is 11.2. The highest BCUT2D eigenvalue weighted by atomic mass is 16.5. The van der Waals surface area contributed by atoms with Gasteiger partial charge in [0.15, 0.2) is 0 Å². The summed E-state index contributed by atoms with van der Waals surface area (Å²) in [6, 6.07) is 25.2. The van der Waals surface area contributed by atoms with Crippen LogP contribution in [0.5, 0.6) is 5.75 Å². The number of carboxylic acid groups (broad SMARTS) is 1. The van der Waals surface area contributed by atoms with Gasteiger partial charge in [0, 0.05) is 35.2 Å². The molecule has 0 fully saturated rings. The molecule has 4 nitrogen and oxygen atoms in total. The lowest BCUT2D eigenvalue weighted by molar-refractivity contribution is -0.136. The van der Waals surface area contributed by atoms with E-state index >= 15 is 0 Å². The highest BCUT2D eigenvalue weighted by Gasteiger charge is 2.39. The Balaban J connectivity index is 1.54. The van der Waals surface area contributed by atoms with Crippen molar-refractivity contribution in [1.82, 2.24) is 0 Å². The molecular formula is C45H53NO3. The first-order chi connectivity index (χ1) is 23.4. The maximum atomic E-state index is 11.1. The summed E-state index contributed by atoms with van der Waals surface area (Å²) in [4.78, 5) is 13.6. The molecule has 0 atom stereocenters. The van der Waals surface area contributed by atoms with Gasteiger partial charge >= 0.3 is 5.97 Å². The maximum absolute atomic E-state index is 11.1. The lowest BCUT2D eigenvalue weighted by atomic mass is 9.76. The van der Waals surface area contributed by atoms with Crippen LogP contribution in [0.4, 0.5) is 5.69 Å². The van der Waals surface area contributed by atoms with Gasteiger partial charge in [-0.3, -0.25) is 4.79 Å². The first-order valence-electron chi connectivity index (χ1n) is 17.9. The molecule has 0 unspecified atom stereocenters. The Morgan fingerprint density at radius 2 is 1.71 bits per heavy atom. The van der Waals surface area contributed by atoms with Gasteiger partial charge in [-0.1, -0.05) is 120 Å². The van der Waals surface area contributed by atoms with Crippen LogP contribution in [-0.4, -0.2) is 17.6 Å². The van der Waals surface area contributed by atoms with Crippen molar-refractivity contribution in [3.05, 3.63) is 154 Å². The number of aryl methyl sites for hydroxylation is 2. The van der Waals surface area contributed by atoms with E-state index in [1.807, 2.05) is 24.3 Å². The second-order valence-corrected chi connectivity index (χ2v) is 14.5. The predicted molar refractivity (Wildman–Crippen MR) is 204 cm³/mol. The van der Waals surface area contributed by atoms with Gasteiger partial charge in [0.05, 0.1) is 0 Å². The number of benzene rings is 3. The molecule has 0 radical (unpaired) electrons. The number of ether oxygens (including phenoxy) is 1. The Bertz CT molecular complexity index is 1800. The summed E-state index contributed by atoms with van der Waals surface area (Å²) >= 11 is 0. The summed E-state index contributed by atoms with van der Waals surface area (Å²) in [7, 11) is 0. The lowest BCUT2D eigenvalue weighted by Crippen LogP contribution is -2.27. The Morgan fingerprint density at radius 3 is 2.43 bits per heavy atom. The van der Waals surface area contributed by atoms with E-state index in [9.17, 15) is 4.79 Å². The van der Waals surface area contributed by atoms with Gasteiger partial charge in [0.1, 0.15) is 11.5 Å². The molecule has 2 aliphatic rings. The number of hydrogen-bond donors (Lipinski definition) is 1. The fourth-order valence-corrected chi connectivity index (χ4v) is 7.18. The number of anilines is 1. The minimum Gasteiger partial charge on any atom is -0.481 e. The second-order valence-electron chi connectivity index (χ2n) is 14.5. The molecule has 0 saturated carbocycles. The normalized spacial score (nSPS) is 17.6. The van der Waals surface area contributed by atoms with E-state index in [1.54, 1.807) is 0 Å². The summed E-state index contributed by atoms with van der Waals surface area (Å²) in [5, 5.41) is 9.14. The third-order valence-electron chi connectivity index (χ3n) is 10.3. The van der Waals surface area contributed by atoms with Crippen molar-refractivity contribution in [1.29, 1.82) is 0 Å². The van der Waals surface area contributed by atoms with Gasteiger partial charge in [0.25, 0.3) is 0 Å². The standard InChI is InChI=1S/C45H53NO3/c1-8-9-31-46-40-20-13-12-19-39(40)45(6,7)41(46)29-26-36-17-14-16-35(25-21-33(3)44(4,5)38-18-11-10-15-32(38)2)43(36)49-37-27-22-34(23-28-37)24-30-42(47)48/h10-13,15,18-23,25-29H,3,8-9,14,16-17,24,30-31H2,1-2,4-7H3,(H,47,48)/b25-21+,36-26+,41-29+. The molecule has 0 amide bonds. The van der Waals surface area contributed by atoms with Gasteiger partial charge in [-0.2, -0.15) is 0 Å². The number of carboxylic acids is 1. The average Bonchev–Trinajstić information content (AvgIpc) is 3.30. The van der Waals surface area contributed by atoms with E-state index in [2.05, 4.69) is 126 Å². The molecule has 1 heterocycles. The average molecular weight is 656 g/mol. The third-order valence-corrected chi connectivity index (χ3v) is 10.3. The molecule has 5 rings (SSSR count). The fourth-order valence-electron chi connectivity index (χ4n) is 7.18. The van der Waals surface area contributed by atoms with Gasteiger partial charge < -0.3 is 14.7 Å². The summed E-state index contributed by atoms with van der Waals surface area (Å²) in [6.07, 6.45) is 14.8. The molecule has 0 aromatic heterocycles. The van der Waals surface area contributed by atoms with Gasteiger partial charge in [-0.15, -0.1) is 0 Å². The molecule has 3 aromatic carbocycles. The number of aliphatic carboxylic acids is 1. The molecule has 1 aliphatic carbocycles. The Morgan fingerprint density at radius 1 is 1.00 bits per heavy atom. The number of unbranched alkanes of at least 4 members (excludes halogenated alkanes) is 1. The highest BCUT2D eigenvalue weighted by Crippen LogP contribution is 2.48. The van der Waals surface area contributed by atoms with Gasteiger partial charge in [-0.25, -0.2) is 0 Å². The molecule has 0 spiro atoms. The molecule has 0 bridgehead atoms. The molecule has 256 valence electrons. The van der Waals surface area contributed by atoms with E-state index in [4.69, 9.17) is 9.84 Å². The van der Waals surface area contributed by atoms with Crippen LogP contribution in [0, 0.1) is 6.92 Å². The Labute approximate surface area is 294 Å². The van der Waals surface area contributed by atoms with Gasteiger partial charge in [-0.05, 0) is 102 Å². The number of rotatable bonds is 13. The first kappa shape index (κ1) is 35.7. The van der Waals surface area contributed by atoms with E-state index in [0.717, 1.165) is 66.9 Å². The molecule has 3 aromatic rings. The van der Waals surface area contributed by atoms with Crippen molar-refractivity contribution in [2.24, 2.45) is 0 Å². The zero-order valence-corrected chi connectivity index (χ0v) is 30.3. The predicted octanol–water partition coefficient (Wildman–Crippen LogP) is 11.3. The van der Waals surface area contributed by atoms with Crippen LogP contribution in [0.2, 0.25) is 0 Å². The van der Waals surface area contributed by atoms with Crippen molar-refractivity contribution < 1.29 is 14.6 Å². The minimum absolute atomic E-state index is 0.111. The lowest BCUT2D eigenvalue weighted by Gasteiger charge is -2.28. The maximum Gasteiger partial charge on any atom is 0.303 e. The molecule has 49 heavy (non-hydrogen) atoms. The van der Waals surface area contributed by atoms with Crippen LogP contribution in [0.15, 0.2) is 132 Å². The molecule has 4 heteroatoms. The van der Waals surface area contributed by atoms with Crippen molar-refractivity contribution >= 4 is 11.7 Å². The molecule has 1 N–H and O–H groups in total. The van der Waals surface area contributed by atoms with E-state index < -0.39 is 5.97 Å². The van der Waals surface area contributed by atoms with E-state index in [-0.39, 0.29) is 17.3 Å². The monoisotopic (exact) mass is 655 g/mol. The summed E-state index contributed by atoms with van der Waals surface area (Å²) in [5.41, 5.74) is 10.6. The van der Waals surface area contributed by atoms with Crippen molar-refractivity contribution in [3.63, 3.8) is 0 Å². The SMILES string of the molecule is C=C(/C=C/C1=C(Oc2ccc(CCC(=O)O)cc2)C(=C/C=C2/N(CCCC)c3ccccc3C2(C)C)/CCC1)C(C)(C)c1ccccc1C. The van der Waals surface area contributed by atoms with Crippen LogP contribution < -0.4 is 9.64 Å². The minimum atomic E-state index is -0.790.